The molecule has 1 aliphatic heterocycles. The van der Waals surface area contributed by atoms with Crippen molar-refractivity contribution in [2.75, 3.05) is 13.1 Å². The van der Waals surface area contributed by atoms with Crippen molar-refractivity contribution in [1.29, 1.82) is 0 Å². The minimum absolute atomic E-state index is 0.146. The summed E-state index contributed by atoms with van der Waals surface area (Å²) in [6.07, 6.45) is 0.382. The number of imide groups is 1. The summed E-state index contributed by atoms with van der Waals surface area (Å²) in [6.45, 7) is -0.654. The highest BCUT2D eigenvalue weighted by Gasteiger charge is 2.52. The molecule has 0 saturated carbocycles. The lowest BCUT2D eigenvalue weighted by Gasteiger charge is -2.31. The Kier molecular flexibility index (Phi) is 4.98. The molecule has 140 valence electrons. The van der Waals surface area contributed by atoms with E-state index in [0.29, 0.717) is 6.42 Å². The van der Waals surface area contributed by atoms with E-state index in [9.17, 15) is 27.6 Å². The van der Waals surface area contributed by atoms with E-state index >= 15 is 0 Å². The fraction of sp³-hybridized carbons (Fsp3) is 0.211. The summed E-state index contributed by atoms with van der Waals surface area (Å²) >= 11 is 0. The second kappa shape index (κ2) is 7.22. The van der Waals surface area contributed by atoms with E-state index in [1.807, 2.05) is 0 Å². The number of fused-ring (bicyclic) bond motifs is 1. The van der Waals surface area contributed by atoms with Crippen molar-refractivity contribution in [3.05, 3.63) is 71.0 Å². The predicted molar refractivity (Wildman–Crippen MR) is 89.5 cm³/mol. The highest BCUT2D eigenvalue weighted by Crippen LogP contribution is 2.37. The standard InChI is InChI=1S/C19H15F3N2O3/c20-13-7-5-12(6-8-13)9-10-23-16(25)11-24-17(26)14-3-1-2-4-15(14)19(21,22)18(24)27/h1-8H,9-11H2,(H,23,25). The second-order valence-corrected chi connectivity index (χ2v) is 6.04. The van der Waals surface area contributed by atoms with Gasteiger partial charge in [-0.2, -0.15) is 8.78 Å². The van der Waals surface area contributed by atoms with E-state index in [4.69, 9.17) is 0 Å². The van der Waals surface area contributed by atoms with Crippen molar-refractivity contribution >= 4 is 17.7 Å². The molecular weight excluding hydrogens is 361 g/mol. The highest BCUT2D eigenvalue weighted by molar-refractivity contribution is 6.13. The van der Waals surface area contributed by atoms with Crippen molar-refractivity contribution < 1.29 is 27.6 Å². The molecule has 0 atom stereocenters. The quantitative estimate of drug-likeness (QED) is 0.814. The summed E-state index contributed by atoms with van der Waals surface area (Å²) in [7, 11) is 0. The Labute approximate surface area is 152 Å². The SMILES string of the molecule is O=C(CN1C(=O)c2ccccc2C(F)(F)C1=O)NCCc1ccc(F)cc1. The number of rotatable bonds is 5. The van der Waals surface area contributed by atoms with Gasteiger partial charge in [0.1, 0.15) is 12.4 Å². The fourth-order valence-electron chi connectivity index (χ4n) is 2.81. The molecule has 8 heteroatoms. The Morgan fingerprint density at radius 2 is 1.70 bits per heavy atom. The Balaban J connectivity index is 1.64. The number of amides is 3. The summed E-state index contributed by atoms with van der Waals surface area (Å²) < 4.78 is 41.4. The number of hydrogen-bond acceptors (Lipinski definition) is 3. The van der Waals surface area contributed by atoms with Crippen LogP contribution in [0.5, 0.6) is 0 Å². The van der Waals surface area contributed by atoms with Gasteiger partial charge in [-0.3, -0.25) is 19.3 Å². The van der Waals surface area contributed by atoms with E-state index in [1.54, 1.807) is 12.1 Å². The van der Waals surface area contributed by atoms with Crippen LogP contribution in [0, 0.1) is 5.82 Å². The molecule has 0 spiro atoms. The fourth-order valence-corrected chi connectivity index (χ4v) is 2.81. The molecule has 1 N–H and O–H groups in total. The van der Waals surface area contributed by atoms with Gasteiger partial charge in [0.25, 0.3) is 5.91 Å². The van der Waals surface area contributed by atoms with Crippen molar-refractivity contribution in [3.8, 4) is 0 Å². The van der Waals surface area contributed by atoms with Gasteiger partial charge in [0.2, 0.25) is 5.91 Å². The maximum absolute atomic E-state index is 14.3. The van der Waals surface area contributed by atoms with Crippen LogP contribution in [-0.2, 0) is 21.9 Å². The largest absolute Gasteiger partial charge is 0.354 e. The van der Waals surface area contributed by atoms with Crippen molar-refractivity contribution in [3.63, 3.8) is 0 Å². The van der Waals surface area contributed by atoms with Gasteiger partial charge in [0, 0.05) is 17.7 Å². The third-order valence-electron chi connectivity index (χ3n) is 4.21. The molecular formula is C19H15F3N2O3. The summed E-state index contributed by atoms with van der Waals surface area (Å²) in [4.78, 5) is 36.6. The predicted octanol–water partition coefficient (Wildman–Crippen LogP) is 2.26. The summed E-state index contributed by atoms with van der Waals surface area (Å²) in [5, 5.41) is 2.46. The van der Waals surface area contributed by atoms with Crippen molar-refractivity contribution in [1.82, 2.24) is 10.2 Å². The summed E-state index contributed by atoms with van der Waals surface area (Å²) in [5.41, 5.74) is -0.198. The van der Waals surface area contributed by atoms with Crippen LogP contribution in [0.2, 0.25) is 0 Å². The Bertz CT molecular complexity index is 897. The molecule has 0 unspecified atom stereocenters. The lowest BCUT2D eigenvalue weighted by atomic mass is 9.95. The Morgan fingerprint density at radius 1 is 1.04 bits per heavy atom. The van der Waals surface area contributed by atoms with E-state index < -0.39 is 35.8 Å². The minimum atomic E-state index is -3.88. The highest BCUT2D eigenvalue weighted by atomic mass is 19.3. The van der Waals surface area contributed by atoms with E-state index in [-0.39, 0.29) is 22.8 Å². The van der Waals surface area contributed by atoms with Gasteiger partial charge < -0.3 is 5.32 Å². The van der Waals surface area contributed by atoms with Crippen LogP contribution in [0.3, 0.4) is 0 Å². The zero-order valence-corrected chi connectivity index (χ0v) is 14.0. The van der Waals surface area contributed by atoms with Gasteiger partial charge in [0.15, 0.2) is 0 Å². The number of alkyl halides is 2. The van der Waals surface area contributed by atoms with Crippen LogP contribution in [0.15, 0.2) is 48.5 Å². The zero-order chi connectivity index (χ0) is 19.6. The molecule has 0 fully saturated rings. The monoisotopic (exact) mass is 376 g/mol. The third-order valence-corrected chi connectivity index (χ3v) is 4.21. The molecule has 2 aromatic carbocycles. The Morgan fingerprint density at radius 3 is 2.41 bits per heavy atom. The van der Waals surface area contributed by atoms with Crippen molar-refractivity contribution in [2.24, 2.45) is 0 Å². The molecule has 3 rings (SSSR count). The lowest BCUT2D eigenvalue weighted by Crippen LogP contribution is -2.53. The molecule has 0 saturated heterocycles. The van der Waals surface area contributed by atoms with E-state index in [0.717, 1.165) is 11.6 Å². The Hall–Kier alpha value is -3.16. The molecule has 0 radical (unpaired) electrons. The van der Waals surface area contributed by atoms with Crippen LogP contribution < -0.4 is 5.32 Å². The first-order valence-corrected chi connectivity index (χ1v) is 8.15. The van der Waals surface area contributed by atoms with E-state index in [2.05, 4.69) is 5.32 Å². The average Bonchev–Trinajstić information content (AvgIpc) is 2.65. The van der Waals surface area contributed by atoms with Crippen LogP contribution in [-0.4, -0.2) is 35.7 Å². The first-order chi connectivity index (χ1) is 12.8. The molecule has 1 heterocycles. The first-order valence-electron chi connectivity index (χ1n) is 8.15. The average molecular weight is 376 g/mol. The smallest absolute Gasteiger partial charge is 0.351 e. The lowest BCUT2D eigenvalue weighted by molar-refractivity contribution is -0.158. The van der Waals surface area contributed by atoms with Crippen LogP contribution in [0.25, 0.3) is 0 Å². The van der Waals surface area contributed by atoms with Gasteiger partial charge in [-0.05, 0) is 30.2 Å². The zero-order valence-electron chi connectivity index (χ0n) is 14.0. The molecule has 27 heavy (non-hydrogen) atoms. The topological polar surface area (TPSA) is 66.5 Å². The molecule has 1 aliphatic rings. The number of hydrogen-bond donors (Lipinski definition) is 1. The van der Waals surface area contributed by atoms with Gasteiger partial charge in [0.05, 0.1) is 0 Å². The maximum atomic E-state index is 14.3. The number of carbonyl (C=O) groups excluding carboxylic acids is 3. The van der Waals surface area contributed by atoms with Crippen molar-refractivity contribution in [2.45, 2.75) is 12.3 Å². The van der Waals surface area contributed by atoms with Gasteiger partial charge >= 0.3 is 11.8 Å². The van der Waals surface area contributed by atoms with E-state index in [1.165, 1.54) is 30.3 Å². The molecule has 0 aliphatic carbocycles. The molecule has 3 amide bonds. The summed E-state index contributed by atoms with van der Waals surface area (Å²) in [6, 6.07) is 10.6. The normalized spacial score (nSPS) is 15.4. The molecule has 2 aromatic rings. The third kappa shape index (κ3) is 3.69. The van der Waals surface area contributed by atoms with Gasteiger partial charge in [-0.1, -0.05) is 30.3 Å². The molecule has 0 bridgehead atoms. The number of nitrogens with zero attached hydrogens (tertiary/aromatic N) is 1. The van der Waals surface area contributed by atoms with Crippen LogP contribution in [0.1, 0.15) is 21.5 Å². The number of benzene rings is 2. The van der Waals surface area contributed by atoms with Gasteiger partial charge in [-0.25, -0.2) is 4.39 Å². The molecule has 5 nitrogen and oxygen atoms in total. The van der Waals surface area contributed by atoms with Crippen LogP contribution in [0.4, 0.5) is 13.2 Å². The maximum Gasteiger partial charge on any atom is 0.351 e. The number of halogens is 3. The van der Waals surface area contributed by atoms with Gasteiger partial charge in [-0.15, -0.1) is 0 Å². The number of nitrogens with one attached hydrogen (secondary N) is 1. The summed E-state index contributed by atoms with van der Waals surface area (Å²) in [5.74, 6) is -7.66. The second-order valence-electron chi connectivity index (χ2n) is 6.04. The first kappa shape index (κ1) is 18.6. The molecule has 0 aromatic heterocycles. The van der Waals surface area contributed by atoms with Crippen LogP contribution >= 0.6 is 0 Å². The minimum Gasteiger partial charge on any atom is -0.354 e. The number of carbonyl (C=O) groups is 3.